The second kappa shape index (κ2) is 3.82. The molecule has 2 rings (SSSR count). The number of hydrogen-bond donors (Lipinski definition) is 2. The third-order valence-corrected chi connectivity index (χ3v) is 2.56. The molecular formula is C9H13N5O. The fourth-order valence-corrected chi connectivity index (χ4v) is 1.66. The van der Waals surface area contributed by atoms with Gasteiger partial charge >= 0.3 is 0 Å². The second-order valence-electron chi connectivity index (χ2n) is 3.58. The Balaban J connectivity index is 2.00. The quantitative estimate of drug-likeness (QED) is 0.670. The number of anilines is 1. The van der Waals surface area contributed by atoms with E-state index in [0.717, 1.165) is 18.7 Å². The predicted molar refractivity (Wildman–Crippen MR) is 54.5 cm³/mol. The van der Waals surface area contributed by atoms with Crippen LogP contribution in [0.3, 0.4) is 0 Å². The Morgan fingerprint density at radius 1 is 1.67 bits per heavy atom. The van der Waals surface area contributed by atoms with E-state index in [1.165, 1.54) is 0 Å². The number of hydrogen-bond acceptors (Lipinski definition) is 5. The van der Waals surface area contributed by atoms with Gasteiger partial charge in [0.15, 0.2) is 0 Å². The minimum Gasteiger partial charge on any atom is -0.368 e. The van der Waals surface area contributed by atoms with Crippen molar-refractivity contribution in [3.8, 4) is 0 Å². The molecule has 15 heavy (non-hydrogen) atoms. The zero-order valence-corrected chi connectivity index (χ0v) is 8.26. The number of carbonyl (C=O) groups is 1. The van der Waals surface area contributed by atoms with Crippen molar-refractivity contribution in [3.63, 3.8) is 0 Å². The van der Waals surface area contributed by atoms with Crippen LogP contribution >= 0.6 is 0 Å². The Labute approximate surface area is 87.3 Å². The van der Waals surface area contributed by atoms with E-state index in [1.54, 1.807) is 12.3 Å². The molecule has 6 heteroatoms. The van der Waals surface area contributed by atoms with Crippen LogP contribution < -0.4 is 11.5 Å². The van der Waals surface area contributed by atoms with Crippen molar-refractivity contribution in [2.45, 2.75) is 19.0 Å². The summed E-state index contributed by atoms with van der Waals surface area (Å²) in [5.74, 6) is -0.0214. The lowest BCUT2D eigenvalue weighted by molar-refractivity contribution is -0.127. The molecule has 1 aliphatic heterocycles. The Hall–Kier alpha value is -1.69. The molecule has 2 heterocycles. The molecule has 0 aliphatic carbocycles. The van der Waals surface area contributed by atoms with Gasteiger partial charge in [-0.15, -0.1) is 0 Å². The smallest absolute Gasteiger partial charge is 0.234 e. The molecule has 1 atom stereocenters. The van der Waals surface area contributed by atoms with Crippen molar-refractivity contribution in [1.29, 1.82) is 0 Å². The molecular weight excluding hydrogens is 194 g/mol. The number of primary amides is 1. The highest BCUT2D eigenvalue weighted by Crippen LogP contribution is 2.19. The Kier molecular flexibility index (Phi) is 2.51. The molecule has 1 aromatic heterocycles. The van der Waals surface area contributed by atoms with E-state index >= 15 is 0 Å². The van der Waals surface area contributed by atoms with Crippen LogP contribution in [0.1, 0.15) is 12.1 Å². The molecule has 1 unspecified atom stereocenters. The minimum atomic E-state index is -0.275. The number of likely N-dealkylation sites (tertiary alicyclic amines) is 1. The third-order valence-electron chi connectivity index (χ3n) is 2.56. The second-order valence-corrected chi connectivity index (χ2v) is 3.58. The maximum atomic E-state index is 11.0. The Bertz CT molecular complexity index is 381. The predicted octanol–water partition coefficient (Wildman–Crippen LogP) is -0.882. The summed E-state index contributed by atoms with van der Waals surface area (Å²) >= 11 is 0. The fraction of sp³-hybridized carbons (Fsp3) is 0.444. The maximum absolute atomic E-state index is 11.0. The molecule has 0 spiro atoms. The average Bonchev–Trinajstić information content (AvgIpc) is 2.11. The van der Waals surface area contributed by atoms with E-state index in [9.17, 15) is 4.79 Å². The van der Waals surface area contributed by atoms with E-state index in [1.807, 2.05) is 4.90 Å². The molecule has 6 nitrogen and oxygen atoms in total. The van der Waals surface area contributed by atoms with Crippen LogP contribution in [0.15, 0.2) is 12.3 Å². The largest absolute Gasteiger partial charge is 0.368 e. The maximum Gasteiger partial charge on any atom is 0.234 e. The van der Waals surface area contributed by atoms with Gasteiger partial charge in [0.2, 0.25) is 11.9 Å². The summed E-state index contributed by atoms with van der Waals surface area (Å²) in [5.41, 5.74) is 11.5. The van der Waals surface area contributed by atoms with Crippen LogP contribution in [-0.2, 0) is 11.3 Å². The third kappa shape index (κ3) is 2.04. The first-order valence-corrected chi connectivity index (χ1v) is 4.77. The van der Waals surface area contributed by atoms with Gasteiger partial charge in [-0.05, 0) is 12.5 Å². The topological polar surface area (TPSA) is 98.1 Å². The first kappa shape index (κ1) is 9.85. The van der Waals surface area contributed by atoms with E-state index in [0.29, 0.717) is 6.54 Å². The summed E-state index contributed by atoms with van der Waals surface area (Å²) in [7, 11) is 0. The summed E-state index contributed by atoms with van der Waals surface area (Å²) in [6.07, 6.45) is 2.44. The van der Waals surface area contributed by atoms with Crippen molar-refractivity contribution in [2.24, 2.45) is 5.73 Å². The van der Waals surface area contributed by atoms with Crippen LogP contribution in [0, 0.1) is 0 Å². The van der Waals surface area contributed by atoms with E-state index < -0.39 is 0 Å². The van der Waals surface area contributed by atoms with Crippen molar-refractivity contribution >= 4 is 11.9 Å². The van der Waals surface area contributed by atoms with E-state index in [4.69, 9.17) is 11.5 Å². The van der Waals surface area contributed by atoms with Gasteiger partial charge in [0.25, 0.3) is 0 Å². The zero-order valence-electron chi connectivity index (χ0n) is 8.26. The Morgan fingerprint density at radius 3 is 3.00 bits per heavy atom. The highest BCUT2D eigenvalue weighted by molar-refractivity contribution is 5.80. The molecule has 1 amide bonds. The monoisotopic (exact) mass is 207 g/mol. The highest BCUT2D eigenvalue weighted by Gasteiger charge is 2.32. The van der Waals surface area contributed by atoms with Crippen molar-refractivity contribution in [3.05, 3.63) is 18.0 Å². The van der Waals surface area contributed by atoms with Crippen LogP contribution in [-0.4, -0.2) is 33.4 Å². The van der Waals surface area contributed by atoms with Crippen molar-refractivity contribution in [2.75, 3.05) is 12.3 Å². The molecule has 0 aromatic carbocycles. The van der Waals surface area contributed by atoms with Gasteiger partial charge in [-0.2, -0.15) is 0 Å². The number of rotatable bonds is 3. The standard InChI is InChI=1S/C9H13N5O/c10-8(15)7-2-4-14(7)5-6-1-3-12-9(11)13-6/h1,3,7H,2,4-5H2,(H2,10,15)(H2,11,12,13). The Morgan fingerprint density at radius 2 is 2.47 bits per heavy atom. The molecule has 0 saturated carbocycles. The van der Waals surface area contributed by atoms with Gasteiger partial charge in [0.1, 0.15) is 0 Å². The summed E-state index contributed by atoms with van der Waals surface area (Å²) in [6, 6.07) is 1.63. The zero-order chi connectivity index (χ0) is 10.8. The van der Waals surface area contributed by atoms with Gasteiger partial charge in [0.05, 0.1) is 11.7 Å². The molecule has 1 fully saturated rings. The molecule has 0 bridgehead atoms. The van der Waals surface area contributed by atoms with E-state index in [2.05, 4.69) is 9.97 Å². The van der Waals surface area contributed by atoms with Gasteiger partial charge in [-0.25, -0.2) is 9.97 Å². The van der Waals surface area contributed by atoms with E-state index in [-0.39, 0.29) is 17.9 Å². The number of nitrogens with zero attached hydrogens (tertiary/aromatic N) is 3. The molecule has 4 N–H and O–H groups in total. The number of nitrogen functional groups attached to an aromatic ring is 1. The number of nitrogens with two attached hydrogens (primary N) is 2. The van der Waals surface area contributed by atoms with Gasteiger partial charge in [0, 0.05) is 19.3 Å². The van der Waals surface area contributed by atoms with Crippen LogP contribution in [0.2, 0.25) is 0 Å². The summed E-state index contributed by atoms with van der Waals surface area (Å²) in [6.45, 7) is 1.47. The number of amides is 1. The fourth-order valence-electron chi connectivity index (χ4n) is 1.66. The SMILES string of the molecule is NC(=O)C1CCN1Cc1ccnc(N)n1. The van der Waals surface area contributed by atoms with Crippen LogP contribution in [0.5, 0.6) is 0 Å². The average molecular weight is 207 g/mol. The lowest BCUT2D eigenvalue weighted by Gasteiger charge is -2.38. The lowest BCUT2D eigenvalue weighted by Crippen LogP contribution is -2.54. The molecule has 1 aromatic rings. The minimum absolute atomic E-state index is 0.152. The molecule has 80 valence electrons. The first-order valence-electron chi connectivity index (χ1n) is 4.77. The van der Waals surface area contributed by atoms with Gasteiger partial charge < -0.3 is 11.5 Å². The first-order chi connectivity index (χ1) is 7.16. The number of aromatic nitrogens is 2. The van der Waals surface area contributed by atoms with Gasteiger partial charge in [-0.3, -0.25) is 9.69 Å². The van der Waals surface area contributed by atoms with Crippen LogP contribution in [0.4, 0.5) is 5.95 Å². The normalized spacial score (nSPS) is 20.9. The lowest BCUT2D eigenvalue weighted by atomic mass is 10.0. The molecule has 1 aliphatic rings. The number of carbonyl (C=O) groups excluding carboxylic acids is 1. The summed E-state index contributed by atoms with van der Waals surface area (Å²) < 4.78 is 0. The van der Waals surface area contributed by atoms with Crippen LogP contribution in [0.25, 0.3) is 0 Å². The summed E-state index contributed by atoms with van der Waals surface area (Å²) in [4.78, 5) is 20.8. The summed E-state index contributed by atoms with van der Waals surface area (Å²) in [5, 5.41) is 0. The molecule has 0 radical (unpaired) electrons. The van der Waals surface area contributed by atoms with Crippen molar-refractivity contribution < 1.29 is 4.79 Å². The molecule has 1 saturated heterocycles. The highest BCUT2D eigenvalue weighted by atomic mass is 16.1. The van der Waals surface area contributed by atoms with Gasteiger partial charge in [-0.1, -0.05) is 0 Å². The van der Waals surface area contributed by atoms with Crippen molar-refractivity contribution in [1.82, 2.24) is 14.9 Å².